The van der Waals surface area contributed by atoms with Crippen LogP contribution in [0.15, 0.2) is 30.6 Å². The number of fused-ring (bicyclic) bond motifs is 1. The van der Waals surface area contributed by atoms with Gasteiger partial charge in [-0.2, -0.15) is 5.10 Å². The summed E-state index contributed by atoms with van der Waals surface area (Å²) in [5.41, 5.74) is 5.72. The highest BCUT2D eigenvalue weighted by Crippen LogP contribution is 2.30. The lowest BCUT2D eigenvalue weighted by molar-refractivity contribution is 0.0788. The molecular formula is C23H28N4O. The van der Waals surface area contributed by atoms with Crippen LogP contribution in [0.3, 0.4) is 0 Å². The average Bonchev–Trinajstić information content (AvgIpc) is 3.33. The fraction of sp³-hybridized carbons (Fsp3) is 0.435. The lowest BCUT2D eigenvalue weighted by Gasteiger charge is -2.19. The number of carbonyl (C=O) groups is 1. The van der Waals surface area contributed by atoms with Crippen molar-refractivity contribution in [3.63, 3.8) is 0 Å². The zero-order valence-electron chi connectivity index (χ0n) is 17.2. The van der Waals surface area contributed by atoms with Gasteiger partial charge >= 0.3 is 0 Å². The molecule has 0 unspecified atom stereocenters. The van der Waals surface area contributed by atoms with Gasteiger partial charge in [0.1, 0.15) is 0 Å². The third-order valence-electron chi connectivity index (χ3n) is 6.01. The highest BCUT2D eigenvalue weighted by atomic mass is 16.2. The molecule has 0 spiro atoms. The van der Waals surface area contributed by atoms with Gasteiger partial charge in [0, 0.05) is 37.3 Å². The molecule has 5 heteroatoms. The van der Waals surface area contributed by atoms with Gasteiger partial charge in [0.2, 0.25) is 0 Å². The first kappa shape index (κ1) is 18.7. The number of aryl methyl sites for hydroxylation is 3. The van der Waals surface area contributed by atoms with Crippen molar-refractivity contribution < 1.29 is 4.79 Å². The molecule has 0 aliphatic carbocycles. The number of hydrogen-bond donors (Lipinski definition) is 0. The molecule has 2 aromatic heterocycles. The number of benzene rings is 1. The Morgan fingerprint density at radius 3 is 2.82 bits per heavy atom. The van der Waals surface area contributed by atoms with Crippen molar-refractivity contribution in [1.29, 1.82) is 0 Å². The van der Waals surface area contributed by atoms with Crippen LogP contribution in [0.2, 0.25) is 0 Å². The second-order valence-corrected chi connectivity index (χ2v) is 8.06. The van der Waals surface area contributed by atoms with Crippen LogP contribution in [0.4, 0.5) is 0 Å². The molecular weight excluding hydrogens is 348 g/mol. The third kappa shape index (κ3) is 3.30. The number of amides is 1. The SMILES string of the molecule is CCC[C@@H]1CCN(C(=O)c2cc(-c3cnn(C)c3)nc3c(C)c(C)ccc23)C1. The Morgan fingerprint density at radius 2 is 2.11 bits per heavy atom. The number of nitrogens with zero attached hydrogens (tertiary/aromatic N) is 4. The maximum atomic E-state index is 13.5. The normalized spacial score (nSPS) is 16.9. The van der Waals surface area contributed by atoms with Gasteiger partial charge in [-0.1, -0.05) is 25.5 Å². The van der Waals surface area contributed by atoms with E-state index in [1.54, 1.807) is 10.9 Å². The van der Waals surface area contributed by atoms with Crippen molar-refractivity contribution in [1.82, 2.24) is 19.7 Å². The molecule has 5 nitrogen and oxygen atoms in total. The summed E-state index contributed by atoms with van der Waals surface area (Å²) in [6.45, 7) is 8.10. The Kier molecular flexibility index (Phi) is 4.92. The van der Waals surface area contributed by atoms with Gasteiger partial charge in [0.15, 0.2) is 0 Å². The molecule has 1 aliphatic heterocycles. The maximum absolute atomic E-state index is 13.5. The van der Waals surface area contributed by atoms with E-state index in [0.29, 0.717) is 5.92 Å². The van der Waals surface area contributed by atoms with E-state index in [1.165, 1.54) is 18.4 Å². The number of pyridine rings is 1. The largest absolute Gasteiger partial charge is 0.338 e. The maximum Gasteiger partial charge on any atom is 0.254 e. The smallest absolute Gasteiger partial charge is 0.254 e. The van der Waals surface area contributed by atoms with E-state index in [1.807, 2.05) is 30.3 Å². The van der Waals surface area contributed by atoms with Gasteiger partial charge in [0.25, 0.3) is 5.91 Å². The molecule has 1 fully saturated rings. The number of hydrogen-bond acceptors (Lipinski definition) is 3. The van der Waals surface area contributed by atoms with E-state index >= 15 is 0 Å². The van der Waals surface area contributed by atoms with E-state index in [4.69, 9.17) is 4.98 Å². The molecule has 1 amide bonds. The van der Waals surface area contributed by atoms with E-state index in [9.17, 15) is 4.79 Å². The van der Waals surface area contributed by atoms with Crippen LogP contribution in [0, 0.1) is 19.8 Å². The molecule has 1 saturated heterocycles. The Hall–Kier alpha value is -2.69. The van der Waals surface area contributed by atoms with Crippen molar-refractivity contribution >= 4 is 16.8 Å². The van der Waals surface area contributed by atoms with Gasteiger partial charge in [-0.25, -0.2) is 4.98 Å². The Morgan fingerprint density at radius 1 is 1.29 bits per heavy atom. The highest BCUT2D eigenvalue weighted by Gasteiger charge is 2.28. The molecule has 0 radical (unpaired) electrons. The Bertz CT molecular complexity index is 1040. The van der Waals surface area contributed by atoms with Crippen LogP contribution in [0.25, 0.3) is 22.2 Å². The van der Waals surface area contributed by atoms with E-state index < -0.39 is 0 Å². The second kappa shape index (κ2) is 7.38. The molecule has 1 aliphatic rings. The zero-order chi connectivity index (χ0) is 19.8. The van der Waals surface area contributed by atoms with Gasteiger partial charge in [-0.15, -0.1) is 0 Å². The van der Waals surface area contributed by atoms with Crippen molar-refractivity contribution in [3.8, 4) is 11.3 Å². The molecule has 0 bridgehead atoms. The molecule has 146 valence electrons. The van der Waals surface area contributed by atoms with Crippen LogP contribution in [0.5, 0.6) is 0 Å². The summed E-state index contributed by atoms with van der Waals surface area (Å²) in [7, 11) is 1.89. The molecule has 3 heterocycles. The fourth-order valence-corrected chi connectivity index (χ4v) is 4.24. The minimum absolute atomic E-state index is 0.124. The molecule has 28 heavy (non-hydrogen) atoms. The second-order valence-electron chi connectivity index (χ2n) is 8.06. The first-order chi connectivity index (χ1) is 13.5. The quantitative estimate of drug-likeness (QED) is 0.673. The molecule has 1 atom stereocenters. The number of aromatic nitrogens is 3. The lowest BCUT2D eigenvalue weighted by atomic mass is 9.99. The fourth-order valence-electron chi connectivity index (χ4n) is 4.24. The molecule has 4 rings (SSSR count). The number of rotatable bonds is 4. The highest BCUT2D eigenvalue weighted by molar-refractivity contribution is 6.08. The molecule has 0 saturated carbocycles. The summed E-state index contributed by atoms with van der Waals surface area (Å²) in [5.74, 6) is 0.753. The van der Waals surface area contributed by atoms with Crippen molar-refractivity contribution in [2.24, 2.45) is 13.0 Å². The summed E-state index contributed by atoms with van der Waals surface area (Å²) >= 11 is 0. The van der Waals surface area contributed by atoms with E-state index in [0.717, 1.165) is 52.8 Å². The Labute approximate surface area is 166 Å². The van der Waals surface area contributed by atoms with E-state index in [2.05, 4.69) is 31.9 Å². The zero-order valence-corrected chi connectivity index (χ0v) is 17.2. The standard InChI is InChI=1S/C23H28N4O/c1-5-6-17-9-10-27(13-17)23(28)20-11-21(18-12-24-26(4)14-18)25-22-16(3)15(2)7-8-19(20)22/h7-8,11-12,14,17H,5-6,9-10,13H2,1-4H3/t17-/m1/s1. The minimum Gasteiger partial charge on any atom is -0.338 e. The summed E-state index contributed by atoms with van der Waals surface area (Å²) in [5, 5.41) is 5.22. The van der Waals surface area contributed by atoms with Gasteiger partial charge < -0.3 is 4.90 Å². The van der Waals surface area contributed by atoms with Crippen LogP contribution in [-0.4, -0.2) is 38.7 Å². The van der Waals surface area contributed by atoms with Crippen LogP contribution in [-0.2, 0) is 7.05 Å². The topological polar surface area (TPSA) is 51.0 Å². The summed E-state index contributed by atoms with van der Waals surface area (Å²) in [6, 6.07) is 6.08. The van der Waals surface area contributed by atoms with Gasteiger partial charge in [0.05, 0.1) is 23.0 Å². The monoisotopic (exact) mass is 376 g/mol. The van der Waals surface area contributed by atoms with Crippen molar-refractivity contribution in [2.75, 3.05) is 13.1 Å². The first-order valence-corrected chi connectivity index (χ1v) is 10.2. The van der Waals surface area contributed by atoms with Crippen LogP contribution in [0.1, 0.15) is 47.7 Å². The number of likely N-dealkylation sites (tertiary alicyclic amines) is 1. The summed E-state index contributed by atoms with van der Waals surface area (Å²) in [6.07, 6.45) is 7.23. The van der Waals surface area contributed by atoms with Crippen LogP contribution >= 0.6 is 0 Å². The first-order valence-electron chi connectivity index (χ1n) is 10.2. The van der Waals surface area contributed by atoms with Crippen molar-refractivity contribution in [3.05, 3.63) is 47.3 Å². The predicted molar refractivity (Wildman–Crippen MR) is 112 cm³/mol. The molecule has 0 N–H and O–H groups in total. The minimum atomic E-state index is 0.124. The van der Waals surface area contributed by atoms with Gasteiger partial charge in [-0.05, 0) is 49.8 Å². The summed E-state index contributed by atoms with van der Waals surface area (Å²) in [4.78, 5) is 20.4. The number of carbonyl (C=O) groups excluding carboxylic acids is 1. The van der Waals surface area contributed by atoms with E-state index in [-0.39, 0.29) is 5.91 Å². The van der Waals surface area contributed by atoms with Crippen LogP contribution < -0.4 is 0 Å². The van der Waals surface area contributed by atoms with Crippen molar-refractivity contribution in [2.45, 2.75) is 40.0 Å². The summed E-state index contributed by atoms with van der Waals surface area (Å²) < 4.78 is 1.77. The average molecular weight is 377 g/mol. The molecule has 3 aromatic rings. The lowest BCUT2D eigenvalue weighted by Crippen LogP contribution is -2.29. The molecule has 1 aromatic carbocycles. The van der Waals surface area contributed by atoms with Gasteiger partial charge in [-0.3, -0.25) is 9.48 Å². The third-order valence-corrected chi connectivity index (χ3v) is 6.01. The predicted octanol–water partition coefficient (Wildman–Crippen LogP) is 4.51. The Balaban J connectivity index is 1.82.